The molecule has 1 aliphatic rings. The Morgan fingerprint density at radius 1 is 1.10 bits per heavy atom. The number of nitrogens with zero attached hydrogens (tertiary/aromatic N) is 1. The predicted molar refractivity (Wildman–Crippen MR) is 119 cm³/mol. The molecule has 1 unspecified atom stereocenters. The summed E-state index contributed by atoms with van der Waals surface area (Å²) in [5, 5.41) is 0.861. The Kier molecular flexibility index (Phi) is 5.98. The molecule has 1 saturated heterocycles. The lowest BCUT2D eigenvalue weighted by molar-refractivity contribution is -0.132. The molecule has 6 heteroatoms. The third-order valence-electron chi connectivity index (χ3n) is 6.16. The molecule has 31 heavy (non-hydrogen) atoms. The van der Waals surface area contributed by atoms with E-state index in [1.54, 1.807) is 20.3 Å². The van der Waals surface area contributed by atoms with Crippen molar-refractivity contribution in [3.63, 3.8) is 0 Å². The molecule has 0 N–H and O–H groups in total. The van der Waals surface area contributed by atoms with Gasteiger partial charge in [-0.1, -0.05) is 12.1 Å². The zero-order valence-corrected chi connectivity index (χ0v) is 18.1. The number of benzene rings is 2. The second-order valence-corrected chi connectivity index (χ2v) is 7.87. The van der Waals surface area contributed by atoms with Gasteiger partial charge in [0.2, 0.25) is 5.91 Å². The minimum atomic E-state index is -0.390. The molecule has 1 fully saturated rings. The van der Waals surface area contributed by atoms with Gasteiger partial charge in [0, 0.05) is 30.0 Å². The Bertz CT molecular complexity index is 1150. The first kappa shape index (κ1) is 21.0. The van der Waals surface area contributed by atoms with Crippen LogP contribution in [-0.2, 0) is 11.2 Å². The molecule has 2 aromatic carbocycles. The Balaban J connectivity index is 1.51. The molecule has 6 nitrogen and oxygen atoms in total. The van der Waals surface area contributed by atoms with E-state index in [0.717, 1.165) is 41.6 Å². The Labute approximate surface area is 181 Å². The van der Waals surface area contributed by atoms with Gasteiger partial charge in [-0.15, -0.1) is 0 Å². The van der Waals surface area contributed by atoms with Crippen molar-refractivity contribution in [1.82, 2.24) is 4.90 Å². The molecule has 0 bridgehead atoms. The fraction of sp³-hybridized carbons (Fsp3) is 0.360. The van der Waals surface area contributed by atoms with Crippen LogP contribution in [0.3, 0.4) is 0 Å². The van der Waals surface area contributed by atoms with E-state index in [4.69, 9.17) is 13.9 Å². The van der Waals surface area contributed by atoms with Crippen LogP contribution in [0.1, 0.15) is 42.0 Å². The summed E-state index contributed by atoms with van der Waals surface area (Å²) in [6.45, 7) is 2.64. The van der Waals surface area contributed by atoms with Gasteiger partial charge in [-0.25, -0.2) is 4.79 Å². The Morgan fingerprint density at radius 3 is 2.52 bits per heavy atom. The van der Waals surface area contributed by atoms with Gasteiger partial charge in [-0.05, 0) is 61.6 Å². The average Bonchev–Trinajstić information content (AvgIpc) is 3.28. The summed E-state index contributed by atoms with van der Waals surface area (Å²) in [5.41, 5.74) is 2.64. The number of rotatable bonds is 6. The van der Waals surface area contributed by atoms with Crippen LogP contribution in [0.25, 0.3) is 11.0 Å². The van der Waals surface area contributed by atoms with Gasteiger partial charge in [0.15, 0.2) is 0 Å². The van der Waals surface area contributed by atoms with E-state index in [0.29, 0.717) is 23.3 Å². The van der Waals surface area contributed by atoms with Gasteiger partial charge >= 0.3 is 5.63 Å². The fourth-order valence-electron chi connectivity index (χ4n) is 4.40. The molecule has 3 aromatic rings. The molecule has 1 amide bonds. The topological polar surface area (TPSA) is 69.0 Å². The van der Waals surface area contributed by atoms with Crippen molar-refractivity contribution in [2.24, 2.45) is 0 Å². The fourth-order valence-corrected chi connectivity index (χ4v) is 4.40. The largest absolute Gasteiger partial charge is 0.497 e. The number of hydrogen-bond acceptors (Lipinski definition) is 5. The van der Waals surface area contributed by atoms with Crippen molar-refractivity contribution in [3.05, 3.63) is 69.6 Å². The number of aryl methyl sites for hydroxylation is 1. The maximum Gasteiger partial charge on any atom is 0.339 e. The number of ether oxygens (including phenoxy) is 2. The highest BCUT2D eigenvalue weighted by molar-refractivity contribution is 5.83. The second-order valence-electron chi connectivity index (χ2n) is 7.87. The van der Waals surface area contributed by atoms with Crippen molar-refractivity contribution in [2.75, 3.05) is 20.8 Å². The van der Waals surface area contributed by atoms with Crippen LogP contribution in [0.5, 0.6) is 11.5 Å². The van der Waals surface area contributed by atoms with Crippen LogP contribution < -0.4 is 15.1 Å². The van der Waals surface area contributed by atoms with Crippen LogP contribution in [0.4, 0.5) is 0 Å². The number of carbonyl (C=O) groups excluding carboxylic acids is 1. The van der Waals surface area contributed by atoms with E-state index in [9.17, 15) is 9.59 Å². The summed E-state index contributed by atoms with van der Waals surface area (Å²) in [5.74, 6) is 1.50. The third-order valence-corrected chi connectivity index (χ3v) is 6.16. The van der Waals surface area contributed by atoms with Gasteiger partial charge in [-0.3, -0.25) is 4.79 Å². The summed E-state index contributed by atoms with van der Waals surface area (Å²) in [4.78, 5) is 27.6. The second kappa shape index (κ2) is 8.84. The molecule has 0 spiro atoms. The molecule has 1 aliphatic heterocycles. The zero-order chi connectivity index (χ0) is 22.0. The molecule has 4 rings (SSSR count). The van der Waals surface area contributed by atoms with Gasteiger partial charge in [-0.2, -0.15) is 0 Å². The molecule has 0 radical (unpaired) electrons. The lowest BCUT2D eigenvalue weighted by Gasteiger charge is -2.25. The standard InChI is InChI=1S/C25H27NO5/c1-16-20-11-10-19(30-3)15-23(20)31-25(28)21(16)12-13-24(27)26-14-4-5-22(26)17-6-8-18(29-2)9-7-17/h6-11,15,22H,4-5,12-14H2,1-3H3. The lowest BCUT2D eigenvalue weighted by Crippen LogP contribution is -2.31. The number of fused-ring (bicyclic) bond motifs is 1. The van der Waals surface area contributed by atoms with Crippen molar-refractivity contribution in [3.8, 4) is 11.5 Å². The van der Waals surface area contributed by atoms with Gasteiger partial charge < -0.3 is 18.8 Å². The van der Waals surface area contributed by atoms with Crippen LogP contribution in [0.15, 0.2) is 51.7 Å². The molecule has 2 heterocycles. The quantitative estimate of drug-likeness (QED) is 0.551. The van der Waals surface area contributed by atoms with E-state index in [2.05, 4.69) is 0 Å². The zero-order valence-electron chi connectivity index (χ0n) is 18.1. The van der Waals surface area contributed by atoms with Gasteiger partial charge in [0.05, 0.1) is 20.3 Å². The maximum atomic E-state index is 13.0. The SMILES string of the molecule is COc1ccc(C2CCCN2C(=O)CCc2c(C)c3ccc(OC)cc3oc2=O)cc1. The predicted octanol–water partition coefficient (Wildman–Crippen LogP) is 4.41. The van der Waals surface area contributed by atoms with Crippen LogP contribution in [-0.4, -0.2) is 31.6 Å². The van der Waals surface area contributed by atoms with Crippen molar-refractivity contribution in [1.29, 1.82) is 0 Å². The summed E-state index contributed by atoms with van der Waals surface area (Å²) >= 11 is 0. The summed E-state index contributed by atoms with van der Waals surface area (Å²) in [6.07, 6.45) is 2.55. The van der Waals surface area contributed by atoms with Crippen LogP contribution >= 0.6 is 0 Å². The molecule has 1 aromatic heterocycles. The molecule has 162 valence electrons. The van der Waals surface area contributed by atoms with E-state index in [1.165, 1.54) is 0 Å². The summed E-state index contributed by atoms with van der Waals surface area (Å²) in [6, 6.07) is 13.4. The monoisotopic (exact) mass is 421 g/mol. The smallest absolute Gasteiger partial charge is 0.339 e. The highest BCUT2D eigenvalue weighted by Gasteiger charge is 2.30. The maximum absolute atomic E-state index is 13.0. The summed E-state index contributed by atoms with van der Waals surface area (Å²) in [7, 11) is 3.21. The molecular formula is C25H27NO5. The van der Waals surface area contributed by atoms with Gasteiger partial charge in [0.1, 0.15) is 17.1 Å². The third kappa shape index (κ3) is 4.15. The number of methoxy groups -OCH3 is 2. The highest BCUT2D eigenvalue weighted by Crippen LogP contribution is 2.33. The highest BCUT2D eigenvalue weighted by atomic mass is 16.5. The molecular weight excluding hydrogens is 394 g/mol. The minimum Gasteiger partial charge on any atom is -0.497 e. The van der Waals surface area contributed by atoms with Crippen molar-refractivity contribution in [2.45, 2.75) is 38.6 Å². The number of carbonyl (C=O) groups is 1. The van der Waals surface area contributed by atoms with E-state index in [1.807, 2.05) is 48.2 Å². The number of hydrogen-bond donors (Lipinski definition) is 0. The first-order chi connectivity index (χ1) is 15.0. The molecule has 1 atom stereocenters. The lowest BCUT2D eigenvalue weighted by atomic mass is 10.0. The van der Waals surface area contributed by atoms with Crippen molar-refractivity contribution < 1.29 is 18.7 Å². The summed E-state index contributed by atoms with van der Waals surface area (Å²) < 4.78 is 16.0. The van der Waals surface area contributed by atoms with Gasteiger partial charge in [0.25, 0.3) is 0 Å². The first-order valence-electron chi connectivity index (χ1n) is 10.6. The first-order valence-corrected chi connectivity index (χ1v) is 10.6. The van der Waals surface area contributed by atoms with E-state index >= 15 is 0 Å². The Hall–Kier alpha value is -3.28. The average molecular weight is 421 g/mol. The minimum absolute atomic E-state index is 0.0620. The molecule has 0 saturated carbocycles. The number of likely N-dealkylation sites (tertiary alicyclic amines) is 1. The van der Waals surface area contributed by atoms with Crippen molar-refractivity contribution >= 4 is 16.9 Å². The Morgan fingerprint density at radius 2 is 1.81 bits per heavy atom. The van der Waals surface area contributed by atoms with Crippen LogP contribution in [0, 0.1) is 6.92 Å². The molecule has 0 aliphatic carbocycles. The van der Waals surface area contributed by atoms with Crippen LogP contribution in [0.2, 0.25) is 0 Å². The van der Waals surface area contributed by atoms with E-state index in [-0.39, 0.29) is 24.0 Å². The van der Waals surface area contributed by atoms with E-state index < -0.39 is 0 Å². The number of amides is 1. The normalized spacial score (nSPS) is 16.0.